The Morgan fingerprint density at radius 3 is 2.47 bits per heavy atom. The highest BCUT2D eigenvalue weighted by atomic mass is 32.2. The van der Waals surface area contributed by atoms with Crippen LogP contribution in [0.25, 0.3) is 0 Å². The first-order valence-corrected chi connectivity index (χ1v) is 11.6. The molecule has 1 aliphatic rings. The Labute approximate surface area is 185 Å². The van der Waals surface area contributed by atoms with Crippen LogP contribution in [0.2, 0.25) is 0 Å². The fourth-order valence-corrected chi connectivity index (χ4v) is 5.23. The largest absolute Gasteiger partial charge is 0.496 e. The number of ether oxygens (including phenoxy) is 1. The van der Waals surface area contributed by atoms with Crippen LogP contribution in [0, 0.1) is 5.92 Å². The minimum Gasteiger partial charge on any atom is -0.496 e. The van der Waals surface area contributed by atoms with Crippen molar-refractivity contribution in [3.8, 4) is 5.75 Å². The van der Waals surface area contributed by atoms with Crippen molar-refractivity contribution in [2.45, 2.75) is 30.3 Å². The van der Waals surface area contributed by atoms with Crippen LogP contribution in [0.5, 0.6) is 5.75 Å². The number of sulfonamides is 1. The van der Waals surface area contributed by atoms with E-state index in [1.807, 2.05) is 24.3 Å². The standard InChI is InChI=1S/C22H25F3N2O4S/c1-31-20-8-3-2-5-16(20)9-12-26-21(28)17-10-13-27(14-11-17)32(29,30)19-7-4-6-18(15-19)22(23,24)25/h2-8,15,17H,9-14H2,1H3,(H,26,28). The minimum atomic E-state index is -4.62. The topological polar surface area (TPSA) is 75.7 Å². The van der Waals surface area contributed by atoms with Crippen LogP contribution in [0.3, 0.4) is 0 Å². The lowest BCUT2D eigenvalue weighted by Gasteiger charge is -2.30. The molecular weight excluding hydrogens is 445 g/mol. The molecule has 3 rings (SSSR count). The van der Waals surface area contributed by atoms with Gasteiger partial charge in [-0.05, 0) is 49.1 Å². The van der Waals surface area contributed by atoms with Gasteiger partial charge >= 0.3 is 6.18 Å². The highest BCUT2D eigenvalue weighted by molar-refractivity contribution is 7.89. The Balaban J connectivity index is 1.54. The van der Waals surface area contributed by atoms with Gasteiger partial charge in [0.25, 0.3) is 0 Å². The Bertz CT molecular complexity index is 1050. The maximum atomic E-state index is 12.9. The molecule has 2 aromatic rings. The number of alkyl halides is 3. The van der Waals surface area contributed by atoms with E-state index in [0.717, 1.165) is 33.8 Å². The number of hydrogen-bond donors (Lipinski definition) is 1. The SMILES string of the molecule is COc1ccccc1CCNC(=O)C1CCN(S(=O)(=O)c2cccc(C(F)(F)F)c2)CC1. The summed E-state index contributed by atoms with van der Waals surface area (Å²) in [5, 5.41) is 2.87. The first kappa shape index (κ1) is 24.1. The number of nitrogens with zero attached hydrogens (tertiary/aromatic N) is 1. The van der Waals surface area contributed by atoms with Crippen LogP contribution in [0.1, 0.15) is 24.0 Å². The van der Waals surface area contributed by atoms with Gasteiger partial charge in [0.1, 0.15) is 5.75 Å². The number of methoxy groups -OCH3 is 1. The van der Waals surface area contributed by atoms with E-state index in [1.54, 1.807) is 7.11 Å². The van der Waals surface area contributed by atoms with E-state index in [1.165, 1.54) is 0 Å². The average molecular weight is 471 g/mol. The molecule has 6 nitrogen and oxygen atoms in total. The van der Waals surface area contributed by atoms with Crippen molar-refractivity contribution in [1.29, 1.82) is 0 Å². The maximum Gasteiger partial charge on any atom is 0.416 e. The van der Waals surface area contributed by atoms with Gasteiger partial charge in [-0.15, -0.1) is 0 Å². The van der Waals surface area contributed by atoms with Gasteiger partial charge in [-0.2, -0.15) is 17.5 Å². The van der Waals surface area contributed by atoms with E-state index in [4.69, 9.17) is 4.74 Å². The summed E-state index contributed by atoms with van der Waals surface area (Å²) < 4.78 is 70.8. The first-order valence-electron chi connectivity index (χ1n) is 10.2. The van der Waals surface area contributed by atoms with E-state index < -0.39 is 26.7 Å². The minimum absolute atomic E-state index is 0.0726. The number of rotatable bonds is 7. The monoisotopic (exact) mass is 470 g/mol. The van der Waals surface area contributed by atoms with E-state index in [0.29, 0.717) is 31.9 Å². The van der Waals surface area contributed by atoms with Gasteiger partial charge in [0.2, 0.25) is 15.9 Å². The maximum absolute atomic E-state index is 12.9. The molecule has 0 unspecified atom stereocenters. The van der Waals surface area contributed by atoms with E-state index in [2.05, 4.69) is 5.32 Å². The fourth-order valence-electron chi connectivity index (χ4n) is 3.71. The molecule has 1 saturated heterocycles. The molecular formula is C22H25F3N2O4S. The van der Waals surface area contributed by atoms with Crippen molar-refractivity contribution in [2.24, 2.45) is 5.92 Å². The summed E-state index contributed by atoms with van der Waals surface area (Å²) in [6.45, 7) is 0.564. The predicted octanol–water partition coefficient (Wildman–Crippen LogP) is 3.47. The third-order valence-corrected chi connectivity index (χ3v) is 7.40. The molecule has 0 aromatic heterocycles. The van der Waals surface area contributed by atoms with Crippen molar-refractivity contribution >= 4 is 15.9 Å². The lowest BCUT2D eigenvalue weighted by Crippen LogP contribution is -2.43. The number of piperidine rings is 1. The number of amides is 1. The molecule has 0 atom stereocenters. The van der Waals surface area contributed by atoms with Crippen molar-refractivity contribution in [2.75, 3.05) is 26.7 Å². The van der Waals surface area contributed by atoms with Gasteiger partial charge < -0.3 is 10.1 Å². The molecule has 1 heterocycles. The summed E-state index contributed by atoms with van der Waals surface area (Å²) in [6.07, 6.45) is -3.42. The summed E-state index contributed by atoms with van der Waals surface area (Å²) in [6, 6.07) is 11.2. The summed E-state index contributed by atoms with van der Waals surface area (Å²) in [4.78, 5) is 12.1. The third kappa shape index (κ3) is 5.60. The van der Waals surface area contributed by atoms with Crippen molar-refractivity contribution in [1.82, 2.24) is 9.62 Å². The molecule has 0 saturated carbocycles. The second-order valence-corrected chi connectivity index (χ2v) is 9.49. The fraction of sp³-hybridized carbons (Fsp3) is 0.409. The van der Waals surface area contributed by atoms with Crippen LogP contribution in [-0.2, 0) is 27.4 Å². The molecule has 0 radical (unpaired) electrons. The second kappa shape index (κ2) is 9.91. The number of hydrogen-bond acceptors (Lipinski definition) is 4. The van der Waals surface area contributed by atoms with Crippen LogP contribution >= 0.6 is 0 Å². The van der Waals surface area contributed by atoms with E-state index in [9.17, 15) is 26.4 Å². The normalized spacial score (nSPS) is 16.0. The molecule has 10 heteroatoms. The summed E-state index contributed by atoms with van der Waals surface area (Å²) in [5.74, 6) is 0.242. The molecule has 174 valence electrons. The number of carbonyl (C=O) groups is 1. The van der Waals surface area contributed by atoms with E-state index >= 15 is 0 Å². The smallest absolute Gasteiger partial charge is 0.416 e. The van der Waals surface area contributed by atoms with Crippen LogP contribution in [0.4, 0.5) is 13.2 Å². The number of benzene rings is 2. The Hall–Kier alpha value is -2.59. The summed E-state index contributed by atoms with van der Waals surface area (Å²) in [5.41, 5.74) is -0.0415. The number of carbonyl (C=O) groups excluding carboxylic acids is 1. The molecule has 0 bridgehead atoms. The molecule has 1 N–H and O–H groups in total. The van der Waals surface area contributed by atoms with Crippen molar-refractivity contribution in [3.63, 3.8) is 0 Å². The van der Waals surface area contributed by atoms with Crippen LogP contribution in [-0.4, -0.2) is 45.4 Å². The molecule has 0 aliphatic carbocycles. The molecule has 0 spiro atoms. The Kier molecular flexibility index (Phi) is 7.45. The third-order valence-electron chi connectivity index (χ3n) is 5.51. The zero-order valence-electron chi connectivity index (χ0n) is 17.6. The summed E-state index contributed by atoms with van der Waals surface area (Å²) >= 11 is 0. The second-order valence-electron chi connectivity index (χ2n) is 7.56. The van der Waals surface area contributed by atoms with E-state index in [-0.39, 0.29) is 24.9 Å². The molecule has 32 heavy (non-hydrogen) atoms. The molecule has 1 aliphatic heterocycles. The summed E-state index contributed by atoms with van der Waals surface area (Å²) in [7, 11) is -2.48. The number of halogens is 3. The Morgan fingerprint density at radius 1 is 1.12 bits per heavy atom. The highest BCUT2D eigenvalue weighted by Gasteiger charge is 2.35. The molecule has 1 amide bonds. The zero-order valence-corrected chi connectivity index (χ0v) is 18.4. The molecule has 2 aromatic carbocycles. The van der Waals surface area contributed by atoms with Gasteiger partial charge in [-0.1, -0.05) is 24.3 Å². The van der Waals surface area contributed by atoms with Gasteiger partial charge in [0.05, 0.1) is 17.6 Å². The van der Waals surface area contributed by atoms with Crippen LogP contribution < -0.4 is 10.1 Å². The van der Waals surface area contributed by atoms with Gasteiger partial charge in [-0.25, -0.2) is 8.42 Å². The van der Waals surface area contributed by atoms with Crippen LogP contribution in [0.15, 0.2) is 53.4 Å². The average Bonchev–Trinajstić information content (AvgIpc) is 2.79. The lowest BCUT2D eigenvalue weighted by molar-refractivity contribution is -0.137. The van der Waals surface area contributed by atoms with Gasteiger partial charge in [0.15, 0.2) is 0 Å². The number of nitrogens with one attached hydrogen (secondary N) is 1. The lowest BCUT2D eigenvalue weighted by atomic mass is 9.97. The first-order chi connectivity index (χ1) is 15.1. The Morgan fingerprint density at radius 2 is 1.81 bits per heavy atom. The van der Waals surface area contributed by atoms with Gasteiger partial charge in [0, 0.05) is 25.6 Å². The predicted molar refractivity (Wildman–Crippen MR) is 113 cm³/mol. The van der Waals surface area contributed by atoms with Gasteiger partial charge in [-0.3, -0.25) is 4.79 Å². The quantitative estimate of drug-likeness (QED) is 0.673. The molecule has 1 fully saturated rings. The van der Waals surface area contributed by atoms with Crippen molar-refractivity contribution in [3.05, 3.63) is 59.7 Å². The highest BCUT2D eigenvalue weighted by Crippen LogP contribution is 2.32. The van der Waals surface area contributed by atoms with Crippen molar-refractivity contribution < 1.29 is 31.1 Å². The number of para-hydroxylation sites is 1. The zero-order chi connectivity index (χ0) is 23.4.